The fourth-order valence-electron chi connectivity index (χ4n) is 8.03. The van der Waals surface area contributed by atoms with E-state index in [4.69, 9.17) is 9.47 Å². The average Bonchev–Trinajstić information content (AvgIpc) is 3.51. The van der Waals surface area contributed by atoms with Crippen LogP contribution in [0.5, 0.6) is 5.75 Å². The molecule has 1 saturated heterocycles. The number of methoxy groups -OCH3 is 1. The first-order valence-electron chi connectivity index (χ1n) is 16.1. The van der Waals surface area contributed by atoms with Gasteiger partial charge in [-0.2, -0.15) is 9.78 Å². The number of ether oxygens (including phenoxy) is 2. The third kappa shape index (κ3) is 4.92. The van der Waals surface area contributed by atoms with Crippen molar-refractivity contribution in [2.24, 2.45) is 5.92 Å². The molecule has 2 aliphatic heterocycles. The number of fused-ring (bicyclic) bond motifs is 3. The maximum Gasteiger partial charge on any atom is 0.279 e. The molecule has 3 heterocycles. The standard InChI is InChI=1S/C38H39N3O5Si/c1-25-35(47(3,4)30-17-15-29(45-2)16-18-30)34(20-21-42)46-38(25)32-22-28(41-36(43)31-13-9-8-12-27(31)23-39-41)14-19-33(32)40(37(38)44)24-26-10-6-5-7-11-26/h5-19,22-23,25,34-35,42H,20-21,24H2,1-4H3/t25-,34+,35-,38+/m0/s1. The van der Waals surface area contributed by atoms with E-state index in [-0.39, 0.29) is 35.6 Å². The number of hydrogen-bond donors (Lipinski definition) is 1. The summed E-state index contributed by atoms with van der Waals surface area (Å²) in [4.78, 5) is 30.5. The van der Waals surface area contributed by atoms with Gasteiger partial charge in [-0.1, -0.05) is 85.9 Å². The molecule has 1 aromatic heterocycles. The lowest BCUT2D eigenvalue weighted by Gasteiger charge is -2.37. The number of benzene rings is 4. The second-order valence-electron chi connectivity index (χ2n) is 13.2. The molecule has 7 rings (SSSR count). The lowest BCUT2D eigenvalue weighted by Crippen LogP contribution is -2.51. The molecule has 0 unspecified atom stereocenters. The molecule has 2 aliphatic rings. The van der Waals surface area contributed by atoms with Gasteiger partial charge in [0.15, 0.2) is 5.60 Å². The minimum absolute atomic E-state index is 0.00157. The van der Waals surface area contributed by atoms with Gasteiger partial charge in [-0.25, -0.2) is 0 Å². The number of carbonyl (C=O) groups excluding carboxylic acids is 1. The topological polar surface area (TPSA) is 93.9 Å². The molecule has 4 aromatic carbocycles. The number of aliphatic hydroxyl groups excluding tert-OH is 1. The Bertz CT molecular complexity index is 2010. The lowest BCUT2D eigenvalue weighted by molar-refractivity contribution is -0.146. The molecule has 0 bridgehead atoms. The van der Waals surface area contributed by atoms with Crippen LogP contribution in [0.25, 0.3) is 16.5 Å². The fourth-order valence-corrected chi connectivity index (χ4v) is 12.1. The highest BCUT2D eigenvalue weighted by atomic mass is 28.3. The molecule has 1 spiro atoms. The summed E-state index contributed by atoms with van der Waals surface area (Å²) in [6.07, 6.45) is 1.76. The molecule has 1 N–H and O–H groups in total. The maximum absolute atomic E-state index is 15.0. The number of rotatable bonds is 8. The van der Waals surface area contributed by atoms with Crippen LogP contribution in [0.4, 0.5) is 5.69 Å². The predicted octanol–water partition coefficient (Wildman–Crippen LogP) is 5.54. The average molecular weight is 646 g/mol. The third-order valence-corrected chi connectivity index (χ3v) is 14.7. The molecule has 9 heteroatoms. The van der Waals surface area contributed by atoms with Crippen LogP contribution in [0.15, 0.2) is 108 Å². The van der Waals surface area contributed by atoms with E-state index in [1.807, 2.05) is 83.8 Å². The Balaban J connectivity index is 1.39. The van der Waals surface area contributed by atoms with Gasteiger partial charge in [0.05, 0.1) is 50.8 Å². The zero-order chi connectivity index (χ0) is 32.9. The van der Waals surface area contributed by atoms with Crippen molar-refractivity contribution in [3.8, 4) is 11.4 Å². The fraction of sp³-hybridized carbons (Fsp3) is 0.289. The van der Waals surface area contributed by atoms with Crippen LogP contribution in [0.1, 0.15) is 24.5 Å². The molecule has 0 aliphatic carbocycles. The molecule has 4 atom stereocenters. The van der Waals surface area contributed by atoms with Crippen LogP contribution in [0.3, 0.4) is 0 Å². The highest BCUT2D eigenvalue weighted by molar-refractivity contribution is 6.91. The first kappa shape index (κ1) is 31.0. The van der Waals surface area contributed by atoms with Crippen molar-refractivity contribution in [3.63, 3.8) is 0 Å². The van der Waals surface area contributed by atoms with E-state index in [0.29, 0.717) is 24.0 Å². The summed E-state index contributed by atoms with van der Waals surface area (Å²) in [6, 6.07) is 31.2. The van der Waals surface area contributed by atoms with Crippen LogP contribution in [-0.4, -0.2) is 48.7 Å². The van der Waals surface area contributed by atoms with Gasteiger partial charge >= 0.3 is 0 Å². The van der Waals surface area contributed by atoms with Gasteiger partial charge < -0.3 is 19.5 Å². The van der Waals surface area contributed by atoms with Crippen LogP contribution < -0.4 is 20.4 Å². The number of carbonyl (C=O) groups is 1. The molecule has 8 nitrogen and oxygen atoms in total. The normalized spacial score (nSPS) is 22.3. The van der Waals surface area contributed by atoms with Crippen molar-refractivity contribution >= 4 is 35.6 Å². The first-order valence-corrected chi connectivity index (χ1v) is 19.2. The van der Waals surface area contributed by atoms with Crippen molar-refractivity contribution in [3.05, 3.63) is 125 Å². The van der Waals surface area contributed by atoms with E-state index in [9.17, 15) is 14.7 Å². The van der Waals surface area contributed by atoms with E-state index in [1.54, 1.807) is 19.4 Å². The van der Waals surface area contributed by atoms with E-state index in [0.717, 1.165) is 28.0 Å². The number of aliphatic hydroxyl groups is 1. The Morgan fingerprint density at radius 2 is 1.68 bits per heavy atom. The number of aromatic nitrogens is 2. The first-order chi connectivity index (χ1) is 22.7. The van der Waals surface area contributed by atoms with Crippen LogP contribution in [0.2, 0.25) is 18.6 Å². The second kappa shape index (κ2) is 11.9. The van der Waals surface area contributed by atoms with Gasteiger partial charge in [0, 0.05) is 23.5 Å². The molecule has 1 fully saturated rings. The molecule has 47 heavy (non-hydrogen) atoms. The molecular formula is C38H39N3O5Si. The van der Waals surface area contributed by atoms with Gasteiger partial charge in [0.2, 0.25) is 0 Å². The zero-order valence-electron chi connectivity index (χ0n) is 27.1. The Morgan fingerprint density at radius 1 is 0.957 bits per heavy atom. The number of anilines is 1. The zero-order valence-corrected chi connectivity index (χ0v) is 28.1. The second-order valence-corrected chi connectivity index (χ2v) is 17.9. The highest BCUT2D eigenvalue weighted by Gasteiger charge is 2.66. The summed E-state index contributed by atoms with van der Waals surface area (Å²) in [5.74, 6) is 0.440. The largest absolute Gasteiger partial charge is 0.497 e. The van der Waals surface area contributed by atoms with Crippen LogP contribution in [-0.2, 0) is 21.7 Å². The quantitative estimate of drug-likeness (QED) is 0.223. The van der Waals surface area contributed by atoms with Crippen molar-refractivity contribution in [1.82, 2.24) is 9.78 Å². The van der Waals surface area contributed by atoms with Gasteiger partial charge in [-0.05, 0) is 53.9 Å². The predicted molar refractivity (Wildman–Crippen MR) is 186 cm³/mol. The number of amides is 1. The van der Waals surface area contributed by atoms with E-state index < -0.39 is 13.7 Å². The van der Waals surface area contributed by atoms with Crippen molar-refractivity contribution < 1.29 is 19.4 Å². The molecule has 240 valence electrons. The number of nitrogens with zero attached hydrogens (tertiary/aromatic N) is 3. The molecule has 0 saturated carbocycles. The summed E-state index contributed by atoms with van der Waals surface area (Å²) in [5.41, 5.74) is 1.53. The molecule has 1 amide bonds. The smallest absolute Gasteiger partial charge is 0.279 e. The summed E-state index contributed by atoms with van der Waals surface area (Å²) in [5, 5.41) is 17.3. The van der Waals surface area contributed by atoms with Gasteiger partial charge in [-0.3, -0.25) is 9.59 Å². The van der Waals surface area contributed by atoms with Crippen molar-refractivity contribution in [1.29, 1.82) is 0 Å². The minimum atomic E-state index is -2.33. The van der Waals surface area contributed by atoms with E-state index >= 15 is 0 Å². The summed E-state index contributed by atoms with van der Waals surface area (Å²) in [7, 11) is -0.675. The van der Waals surface area contributed by atoms with Crippen molar-refractivity contribution in [2.75, 3.05) is 18.6 Å². The summed E-state index contributed by atoms with van der Waals surface area (Å²) >= 11 is 0. The Hall–Kier alpha value is -4.57. The minimum Gasteiger partial charge on any atom is -0.497 e. The Labute approximate surface area is 275 Å². The van der Waals surface area contributed by atoms with Crippen LogP contribution in [0, 0.1) is 5.92 Å². The lowest BCUT2D eigenvalue weighted by atomic mass is 9.82. The van der Waals surface area contributed by atoms with Gasteiger partial charge in [-0.15, -0.1) is 0 Å². The van der Waals surface area contributed by atoms with Crippen LogP contribution >= 0.6 is 0 Å². The Kier molecular flexibility index (Phi) is 7.86. The highest BCUT2D eigenvalue weighted by Crippen LogP contribution is 2.60. The van der Waals surface area contributed by atoms with Gasteiger partial charge in [0.1, 0.15) is 5.75 Å². The molecular weight excluding hydrogens is 607 g/mol. The summed E-state index contributed by atoms with van der Waals surface area (Å²) < 4.78 is 13.9. The Morgan fingerprint density at radius 3 is 2.40 bits per heavy atom. The van der Waals surface area contributed by atoms with E-state index in [2.05, 4.69) is 37.2 Å². The molecule has 5 aromatic rings. The number of hydrogen-bond acceptors (Lipinski definition) is 6. The van der Waals surface area contributed by atoms with E-state index in [1.165, 1.54) is 9.87 Å². The summed E-state index contributed by atoms with van der Waals surface area (Å²) in [6.45, 7) is 7.09. The van der Waals surface area contributed by atoms with Crippen molar-refractivity contribution in [2.45, 2.75) is 50.2 Å². The molecule has 0 radical (unpaired) electrons. The maximum atomic E-state index is 15.0. The monoisotopic (exact) mass is 645 g/mol. The van der Waals surface area contributed by atoms with Gasteiger partial charge in [0.25, 0.3) is 11.5 Å². The SMILES string of the molecule is COc1ccc([Si](C)(C)[C@@H]2[C@@H](CCO)O[C@]3(C(=O)N(Cc4ccccc4)c4ccc(-n5ncc6ccccc6c5=O)cc43)[C@H]2C)cc1. The third-order valence-electron chi connectivity index (χ3n) is 10.4.